The number of nitrogens with zero attached hydrogens (tertiary/aromatic N) is 2. The second-order valence-electron chi connectivity index (χ2n) is 7.45. The number of carboxylic acid groups (broad SMARTS) is 1. The van der Waals surface area contributed by atoms with E-state index >= 15 is 0 Å². The van der Waals surface area contributed by atoms with Gasteiger partial charge in [-0.1, -0.05) is 103 Å². The van der Waals surface area contributed by atoms with E-state index in [0.29, 0.717) is 5.13 Å². The standard InChI is InChI=1S/C27H22BrN3O3S/c1-2-23(28)34-31-24(25(32)33)22-18-35-26(29-22)30-27(19-12-6-3-7-13-19,20-14-8-4-9-15-20)21-16-10-5-11-17-21/h2-18,23H,1H2,(H,29,30)(H,32,33)/b31-24-. The van der Waals surface area contributed by atoms with Crippen molar-refractivity contribution in [3.63, 3.8) is 0 Å². The van der Waals surface area contributed by atoms with E-state index in [1.165, 1.54) is 17.4 Å². The first-order valence-corrected chi connectivity index (χ1v) is 12.5. The number of hydrogen-bond donors (Lipinski definition) is 2. The molecule has 0 saturated heterocycles. The van der Waals surface area contributed by atoms with Crippen LogP contribution in [-0.2, 0) is 15.2 Å². The Labute approximate surface area is 215 Å². The molecule has 0 aliphatic rings. The summed E-state index contributed by atoms with van der Waals surface area (Å²) in [4.78, 5) is 21.6. The molecule has 0 spiro atoms. The van der Waals surface area contributed by atoms with Crippen LogP contribution in [0.5, 0.6) is 0 Å². The largest absolute Gasteiger partial charge is 0.476 e. The van der Waals surface area contributed by atoms with Crippen LogP contribution >= 0.6 is 27.3 Å². The maximum absolute atomic E-state index is 11.9. The number of thiazole rings is 1. The number of halogens is 1. The van der Waals surface area contributed by atoms with Crippen LogP contribution in [0.4, 0.5) is 5.13 Å². The molecule has 4 aromatic rings. The molecule has 4 rings (SSSR count). The fourth-order valence-electron chi connectivity index (χ4n) is 3.72. The Morgan fingerprint density at radius 1 is 1.00 bits per heavy atom. The molecule has 0 amide bonds. The lowest BCUT2D eigenvalue weighted by Crippen LogP contribution is -2.38. The number of anilines is 1. The number of carboxylic acids is 1. The predicted octanol–water partition coefficient (Wildman–Crippen LogP) is 6.26. The van der Waals surface area contributed by atoms with Gasteiger partial charge in [-0.2, -0.15) is 0 Å². The van der Waals surface area contributed by atoms with Crippen molar-refractivity contribution in [1.29, 1.82) is 0 Å². The molecule has 1 heterocycles. The van der Waals surface area contributed by atoms with Crippen LogP contribution in [0.2, 0.25) is 0 Å². The molecule has 2 N–H and O–H groups in total. The van der Waals surface area contributed by atoms with Crippen LogP contribution in [0.25, 0.3) is 0 Å². The molecule has 0 aliphatic heterocycles. The zero-order valence-electron chi connectivity index (χ0n) is 18.5. The smallest absolute Gasteiger partial charge is 0.360 e. The van der Waals surface area contributed by atoms with E-state index in [9.17, 15) is 9.90 Å². The Morgan fingerprint density at radius 2 is 1.49 bits per heavy atom. The molecule has 6 nitrogen and oxygen atoms in total. The highest BCUT2D eigenvalue weighted by Crippen LogP contribution is 2.40. The minimum absolute atomic E-state index is 0.192. The van der Waals surface area contributed by atoms with E-state index < -0.39 is 16.5 Å². The van der Waals surface area contributed by atoms with Gasteiger partial charge in [-0.3, -0.25) is 0 Å². The van der Waals surface area contributed by atoms with Gasteiger partial charge in [0.2, 0.25) is 5.71 Å². The first-order valence-electron chi connectivity index (χ1n) is 10.7. The van der Waals surface area contributed by atoms with Crippen molar-refractivity contribution in [3.05, 3.63) is 131 Å². The highest BCUT2D eigenvalue weighted by atomic mass is 79.9. The van der Waals surface area contributed by atoms with Gasteiger partial charge in [0.1, 0.15) is 11.2 Å². The van der Waals surface area contributed by atoms with E-state index in [0.717, 1.165) is 16.7 Å². The molecule has 0 saturated carbocycles. The molecule has 0 aliphatic carbocycles. The molecule has 1 aromatic heterocycles. The third-order valence-corrected chi connectivity index (χ3v) is 6.59. The van der Waals surface area contributed by atoms with Crippen molar-refractivity contribution in [2.45, 2.75) is 10.6 Å². The van der Waals surface area contributed by atoms with Crippen molar-refractivity contribution >= 4 is 44.1 Å². The van der Waals surface area contributed by atoms with Gasteiger partial charge in [-0.25, -0.2) is 9.78 Å². The Bertz CT molecular complexity index is 1210. The fraction of sp³-hybridized carbons (Fsp3) is 0.0741. The minimum atomic E-state index is -1.24. The molecular formula is C27H22BrN3O3S. The molecular weight excluding hydrogens is 526 g/mol. The maximum Gasteiger partial charge on any atom is 0.360 e. The van der Waals surface area contributed by atoms with Crippen molar-refractivity contribution in [3.8, 4) is 0 Å². The first-order chi connectivity index (χ1) is 17.0. The van der Waals surface area contributed by atoms with Gasteiger partial charge in [-0.05, 0) is 38.7 Å². The molecule has 0 radical (unpaired) electrons. The third kappa shape index (κ3) is 5.34. The summed E-state index contributed by atoms with van der Waals surface area (Å²) < 4.78 is 0. The normalized spacial score (nSPS) is 12.5. The Kier molecular flexibility index (Phi) is 7.74. The number of carbonyl (C=O) groups is 1. The summed E-state index contributed by atoms with van der Waals surface area (Å²) in [6.45, 7) is 3.57. The molecule has 1 unspecified atom stereocenters. The van der Waals surface area contributed by atoms with Gasteiger partial charge in [0.05, 0.1) is 0 Å². The monoisotopic (exact) mass is 547 g/mol. The van der Waals surface area contributed by atoms with Crippen molar-refractivity contribution in [1.82, 2.24) is 4.98 Å². The molecule has 35 heavy (non-hydrogen) atoms. The van der Waals surface area contributed by atoms with Crippen LogP contribution in [0.15, 0.2) is 114 Å². The van der Waals surface area contributed by atoms with Gasteiger partial charge in [0, 0.05) is 5.38 Å². The van der Waals surface area contributed by atoms with Crippen molar-refractivity contribution in [2.24, 2.45) is 5.16 Å². The lowest BCUT2D eigenvalue weighted by molar-refractivity contribution is -0.129. The Morgan fingerprint density at radius 3 is 1.91 bits per heavy atom. The summed E-state index contributed by atoms with van der Waals surface area (Å²) in [5, 5.41) is 18.6. The Hall–Kier alpha value is -3.75. The number of hydrogen-bond acceptors (Lipinski definition) is 6. The summed E-state index contributed by atoms with van der Waals surface area (Å²) in [6.07, 6.45) is 1.45. The lowest BCUT2D eigenvalue weighted by Gasteiger charge is -2.36. The van der Waals surface area contributed by atoms with E-state index in [4.69, 9.17) is 4.84 Å². The minimum Gasteiger partial charge on any atom is -0.476 e. The lowest BCUT2D eigenvalue weighted by atomic mass is 9.77. The van der Waals surface area contributed by atoms with Gasteiger partial charge in [-0.15, -0.1) is 11.3 Å². The number of benzene rings is 3. The first kappa shape index (κ1) is 24.4. The second kappa shape index (κ2) is 11.1. The molecule has 0 bridgehead atoms. The highest BCUT2D eigenvalue weighted by molar-refractivity contribution is 9.09. The van der Waals surface area contributed by atoms with Gasteiger partial charge >= 0.3 is 5.97 Å². The third-order valence-electron chi connectivity index (χ3n) is 5.29. The number of rotatable bonds is 10. The van der Waals surface area contributed by atoms with Crippen LogP contribution in [0.3, 0.4) is 0 Å². The molecule has 1 atom stereocenters. The number of alkyl halides is 1. The predicted molar refractivity (Wildman–Crippen MR) is 143 cm³/mol. The van der Waals surface area contributed by atoms with Crippen LogP contribution in [0, 0.1) is 0 Å². The van der Waals surface area contributed by atoms with E-state index in [1.54, 1.807) is 5.38 Å². The quantitative estimate of drug-likeness (QED) is 0.0804. The summed E-state index contributed by atoms with van der Waals surface area (Å²) in [5.41, 5.74) is 2.15. The number of aromatic nitrogens is 1. The van der Waals surface area contributed by atoms with Crippen molar-refractivity contribution in [2.75, 3.05) is 5.32 Å². The molecule has 8 heteroatoms. The molecule has 3 aromatic carbocycles. The van der Waals surface area contributed by atoms with E-state index in [1.807, 2.05) is 54.6 Å². The Balaban J connectivity index is 1.83. The molecule has 176 valence electrons. The van der Waals surface area contributed by atoms with Crippen molar-refractivity contribution < 1.29 is 14.7 Å². The van der Waals surface area contributed by atoms with Gasteiger partial charge < -0.3 is 15.3 Å². The average Bonchev–Trinajstić information content (AvgIpc) is 3.36. The second-order valence-corrected chi connectivity index (χ2v) is 9.21. The number of oxime groups is 1. The summed E-state index contributed by atoms with van der Waals surface area (Å²) in [7, 11) is 0. The zero-order chi connectivity index (χ0) is 24.7. The molecule has 0 fully saturated rings. The van der Waals surface area contributed by atoms with E-state index in [2.05, 4.69) is 74.4 Å². The van der Waals surface area contributed by atoms with Crippen LogP contribution < -0.4 is 5.32 Å². The average molecular weight is 548 g/mol. The van der Waals surface area contributed by atoms with E-state index in [-0.39, 0.29) is 11.4 Å². The zero-order valence-corrected chi connectivity index (χ0v) is 20.9. The summed E-state index contributed by atoms with van der Waals surface area (Å²) in [6, 6.07) is 30.2. The topological polar surface area (TPSA) is 83.8 Å². The SMILES string of the molecule is C=CC(Br)O/N=C(\C(=O)O)c1csc(NC(c2ccccc2)(c2ccccc2)c2ccccc2)n1. The fourth-order valence-corrected chi connectivity index (χ4v) is 4.56. The van der Waals surface area contributed by atoms with Crippen LogP contribution in [0.1, 0.15) is 22.4 Å². The summed E-state index contributed by atoms with van der Waals surface area (Å²) in [5.74, 6) is -1.24. The van der Waals surface area contributed by atoms with Gasteiger partial charge in [0.15, 0.2) is 10.1 Å². The number of aliphatic carboxylic acids is 1. The highest BCUT2D eigenvalue weighted by Gasteiger charge is 2.37. The number of nitrogens with one attached hydrogen (secondary N) is 1. The van der Waals surface area contributed by atoms with Gasteiger partial charge in [0.25, 0.3) is 0 Å². The maximum atomic E-state index is 11.9. The van der Waals surface area contributed by atoms with Crippen LogP contribution in [-0.4, -0.2) is 26.8 Å². The summed E-state index contributed by atoms with van der Waals surface area (Å²) >= 11 is 4.47.